The molecule has 0 saturated carbocycles. The minimum atomic E-state index is -0.354. The Kier molecular flexibility index (Phi) is 5.54. The molecular formula is C14H19ClO. The third-order valence-electron chi connectivity index (χ3n) is 2.96. The van der Waals surface area contributed by atoms with Crippen LogP contribution in [0.1, 0.15) is 54.1 Å². The summed E-state index contributed by atoms with van der Waals surface area (Å²) in [6.07, 6.45) is 6.03. The van der Waals surface area contributed by atoms with E-state index in [1.54, 1.807) is 6.07 Å². The highest BCUT2D eigenvalue weighted by Crippen LogP contribution is 2.18. The number of hydrogen-bond acceptors (Lipinski definition) is 1. The van der Waals surface area contributed by atoms with Crippen molar-refractivity contribution in [2.75, 3.05) is 0 Å². The van der Waals surface area contributed by atoms with Crippen molar-refractivity contribution >= 4 is 16.8 Å². The minimum Gasteiger partial charge on any atom is -0.276 e. The zero-order chi connectivity index (χ0) is 12.0. The molecule has 0 bridgehead atoms. The highest BCUT2D eigenvalue weighted by Gasteiger charge is 2.08. The van der Waals surface area contributed by atoms with Crippen molar-refractivity contribution < 1.29 is 4.79 Å². The molecule has 1 aromatic carbocycles. The Morgan fingerprint density at radius 2 is 2.00 bits per heavy atom. The Morgan fingerprint density at radius 1 is 1.25 bits per heavy atom. The van der Waals surface area contributed by atoms with Gasteiger partial charge in [0, 0.05) is 5.56 Å². The molecule has 0 atom stereocenters. The van der Waals surface area contributed by atoms with Gasteiger partial charge in [0.1, 0.15) is 0 Å². The zero-order valence-corrected chi connectivity index (χ0v) is 10.8. The fraction of sp³-hybridized carbons (Fsp3) is 0.500. The first-order chi connectivity index (χ1) is 7.66. The summed E-state index contributed by atoms with van der Waals surface area (Å²) >= 11 is 5.53. The van der Waals surface area contributed by atoms with E-state index in [4.69, 9.17) is 11.6 Å². The van der Waals surface area contributed by atoms with Crippen LogP contribution >= 0.6 is 11.6 Å². The van der Waals surface area contributed by atoms with E-state index in [0.717, 1.165) is 12.0 Å². The number of hydrogen-bond donors (Lipinski definition) is 0. The van der Waals surface area contributed by atoms with Crippen LogP contribution in [0.4, 0.5) is 0 Å². The van der Waals surface area contributed by atoms with Crippen molar-refractivity contribution in [3.8, 4) is 0 Å². The summed E-state index contributed by atoms with van der Waals surface area (Å²) in [5.74, 6) is 0. The second kappa shape index (κ2) is 6.70. The van der Waals surface area contributed by atoms with E-state index >= 15 is 0 Å². The van der Waals surface area contributed by atoms with Gasteiger partial charge < -0.3 is 0 Å². The third-order valence-corrected chi connectivity index (χ3v) is 3.16. The van der Waals surface area contributed by atoms with Gasteiger partial charge >= 0.3 is 0 Å². The molecule has 1 rings (SSSR count). The average Bonchev–Trinajstić information content (AvgIpc) is 2.26. The van der Waals surface area contributed by atoms with Gasteiger partial charge in [0.05, 0.1) is 0 Å². The summed E-state index contributed by atoms with van der Waals surface area (Å²) in [6.45, 7) is 4.18. The Bertz CT molecular complexity index is 358. The van der Waals surface area contributed by atoms with E-state index in [9.17, 15) is 4.79 Å². The third kappa shape index (κ3) is 3.64. The van der Waals surface area contributed by atoms with E-state index in [1.807, 2.05) is 13.0 Å². The first kappa shape index (κ1) is 13.2. The van der Waals surface area contributed by atoms with Crippen molar-refractivity contribution in [3.05, 3.63) is 34.9 Å². The summed E-state index contributed by atoms with van der Waals surface area (Å²) in [4.78, 5) is 11.2. The molecule has 0 aliphatic heterocycles. The molecule has 1 aromatic rings. The van der Waals surface area contributed by atoms with Gasteiger partial charge in [-0.1, -0.05) is 38.3 Å². The Balaban J connectivity index is 2.66. The summed E-state index contributed by atoms with van der Waals surface area (Å²) in [5, 5.41) is -0.354. The van der Waals surface area contributed by atoms with E-state index in [-0.39, 0.29) is 5.24 Å². The Labute approximate surface area is 103 Å². The molecule has 0 saturated heterocycles. The van der Waals surface area contributed by atoms with Crippen LogP contribution in [0.5, 0.6) is 0 Å². The lowest BCUT2D eigenvalue weighted by Crippen LogP contribution is -1.98. The molecule has 0 fully saturated rings. The van der Waals surface area contributed by atoms with Crippen molar-refractivity contribution in [2.24, 2.45) is 0 Å². The molecule has 2 heteroatoms. The van der Waals surface area contributed by atoms with Crippen LogP contribution in [0.2, 0.25) is 0 Å². The number of benzene rings is 1. The van der Waals surface area contributed by atoms with Crippen LogP contribution < -0.4 is 0 Å². The number of halogens is 1. The van der Waals surface area contributed by atoms with Crippen LogP contribution in [0, 0.1) is 6.92 Å². The van der Waals surface area contributed by atoms with Crippen molar-refractivity contribution in [1.82, 2.24) is 0 Å². The molecule has 0 heterocycles. The van der Waals surface area contributed by atoms with Gasteiger partial charge in [0.25, 0.3) is 5.24 Å². The maximum Gasteiger partial charge on any atom is 0.252 e. The van der Waals surface area contributed by atoms with Gasteiger partial charge in [-0.25, -0.2) is 0 Å². The van der Waals surface area contributed by atoms with Gasteiger partial charge in [0.15, 0.2) is 0 Å². The van der Waals surface area contributed by atoms with E-state index in [0.29, 0.717) is 5.56 Å². The standard InChI is InChI=1S/C14H19ClO/c1-3-4-5-6-8-12-9-7-10-13(11(12)2)14(15)16/h7,9-10H,3-6,8H2,1-2H3. The van der Waals surface area contributed by atoms with Gasteiger partial charge in [-0.15, -0.1) is 0 Å². The summed E-state index contributed by atoms with van der Waals surface area (Å²) in [7, 11) is 0. The molecule has 16 heavy (non-hydrogen) atoms. The quantitative estimate of drug-likeness (QED) is 0.527. The normalized spacial score (nSPS) is 10.4. The molecule has 0 spiro atoms. The molecule has 0 unspecified atom stereocenters. The van der Waals surface area contributed by atoms with E-state index < -0.39 is 0 Å². The zero-order valence-electron chi connectivity index (χ0n) is 10.1. The van der Waals surface area contributed by atoms with Crippen LogP contribution in [0.15, 0.2) is 18.2 Å². The smallest absolute Gasteiger partial charge is 0.252 e. The molecule has 88 valence electrons. The predicted molar refractivity (Wildman–Crippen MR) is 69.2 cm³/mol. The molecular weight excluding hydrogens is 220 g/mol. The molecule has 0 aliphatic rings. The number of rotatable bonds is 6. The molecule has 0 aliphatic carbocycles. The molecule has 0 radical (unpaired) electrons. The van der Waals surface area contributed by atoms with Gasteiger partial charge in [-0.05, 0) is 48.6 Å². The summed E-state index contributed by atoms with van der Waals surface area (Å²) < 4.78 is 0. The second-order valence-corrected chi connectivity index (χ2v) is 4.52. The average molecular weight is 239 g/mol. The first-order valence-corrected chi connectivity index (χ1v) is 6.33. The van der Waals surface area contributed by atoms with Crippen LogP contribution in [-0.2, 0) is 6.42 Å². The summed E-state index contributed by atoms with van der Waals surface area (Å²) in [5.41, 5.74) is 2.94. The fourth-order valence-corrected chi connectivity index (χ4v) is 2.11. The van der Waals surface area contributed by atoms with Crippen molar-refractivity contribution in [3.63, 3.8) is 0 Å². The van der Waals surface area contributed by atoms with E-state index in [2.05, 4.69) is 13.0 Å². The lowest BCUT2D eigenvalue weighted by molar-refractivity contribution is 0.108. The van der Waals surface area contributed by atoms with Gasteiger partial charge in [-0.3, -0.25) is 4.79 Å². The SMILES string of the molecule is CCCCCCc1cccc(C(=O)Cl)c1C. The predicted octanol–water partition coefficient (Wildman–Crippen LogP) is 4.50. The van der Waals surface area contributed by atoms with E-state index in [1.165, 1.54) is 31.2 Å². The number of aryl methyl sites for hydroxylation is 1. The Morgan fingerprint density at radius 3 is 2.62 bits per heavy atom. The molecule has 0 amide bonds. The fourth-order valence-electron chi connectivity index (χ4n) is 1.91. The van der Waals surface area contributed by atoms with Crippen molar-refractivity contribution in [2.45, 2.75) is 46.0 Å². The van der Waals surface area contributed by atoms with Crippen LogP contribution in [0.3, 0.4) is 0 Å². The van der Waals surface area contributed by atoms with Crippen molar-refractivity contribution in [1.29, 1.82) is 0 Å². The second-order valence-electron chi connectivity index (χ2n) is 4.17. The lowest BCUT2D eigenvalue weighted by atomic mass is 9.98. The number of carbonyl (C=O) groups is 1. The highest BCUT2D eigenvalue weighted by molar-refractivity contribution is 6.67. The molecule has 0 aromatic heterocycles. The largest absolute Gasteiger partial charge is 0.276 e. The maximum absolute atomic E-state index is 11.2. The topological polar surface area (TPSA) is 17.1 Å². The Hall–Kier alpha value is -0.820. The number of unbranched alkanes of at least 4 members (excludes halogenated alkanes) is 3. The van der Waals surface area contributed by atoms with Gasteiger partial charge in [0.2, 0.25) is 0 Å². The monoisotopic (exact) mass is 238 g/mol. The first-order valence-electron chi connectivity index (χ1n) is 5.95. The van der Waals surface area contributed by atoms with Crippen LogP contribution in [0.25, 0.3) is 0 Å². The lowest BCUT2D eigenvalue weighted by Gasteiger charge is -2.08. The minimum absolute atomic E-state index is 0.354. The number of carbonyl (C=O) groups excluding carboxylic acids is 1. The van der Waals surface area contributed by atoms with Crippen LogP contribution in [-0.4, -0.2) is 5.24 Å². The molecule has 0 N–H and O–H groups in total. The maximum atomic E-state index is 11.2. The van der Waals surface area contributed by atoms with Gasteiger partial charge in [-0.2, -0.15) is 0 Å². The summed E-state index contributed by atoms with van der Waals surface area (Å²) in [6, 6.07) is 5.79. The molecule has 1 nitrogen and oxygen atoms in total. The highest BCUT2D eigenvalue weighted by atomic mass is 35.5.